The Kier molecular flexibility index (Phi) is 13.2. The topological polar surface area (TPSA) is 36.9 Å². The summed E-state index contributed by atoms with van der Waals surface area (Å²) in [6.07, 6.45) is 4.74. The number of halogens is 1. The molecular formula is C20H34IN3OS. The van der Waals surface area contributed by atoms with Crippen LogP contribution in [0.3, 0.4) is 0 Å². The summed E-state index contributed by atoms with van der Waals surface area (Å²) in [4.78, 5) is 8.42. The molecule has 0 atom stereocenters. The predicted molar refractivity (Wildman–Crippen MR) is 124 cm³/mol. The minimum absolute atomic E-state index is 0. The van der Waals surface area contributed by atoms with E-state index < -0.39 is 0 Å². The Morgan fingerprint density at radius 1 is 1.27 bits per heavy atom. The molecule has 2 rings (SSSR count). The van der Waals surface area contributed by atoms with E-state index in [9.17, 15) is 0 Å². The average Bonchev–Trinajstić information content (AvgIpc) is 2.66. The van der Waals surface area contributed by atoms with Gasteiger partial charge in [0.15, 0.2) is 5.96 Å². The Morgan fingerprint density at radius 3 is 2.69 bits per heavy atom. The standard InChI is InChI=1S/C20H33N3OS.HI/c1-3-21-20(23(2)14-10-18-11-15-24-16-12-18)22-13-7-17-25-19-8-5-4-6-9-19;/h4-6,8-9,18H,3,7,10-17H2,1-2H3,(H,21,22);1H. The second-order valence-electron chi connectivity index (χ2n) is 6.52. The summed E-state index contributed by atoms with van der Waals surface area (Å²) < 4.78 is 5.45. The van der Waals surface area contributed by atoms with Gasteiger partial charge in [-0.3, -0.25) is 4.99 Å². The first-order valence-electron chi connectivity index (χ1n) is 9.54. The van der Waals surface area contributed by atoms with Crippen LogP contribution in [0.25, 0.3) is 0 Å². The quantitative estimate of drug-likeness (QED) is 0.182. The van der Waals surface area contributed by atoms with Crippen molar-refractivity contribution in [1.29, 1.82) is 0 Å². The van der Waals surface area contributed by atoms with Gasteiger partial charge in [-0.05, 0) is 56.4 Å². The number of ether oxygens (including phenoxy) is 1. The van der Waals surface area contributed by atoms with E-state index in [1.165, 1.54) is 24.2 Å². The van der Waals surface area contributed by atoms with Crippen molar-refractivity contribution in [2.45, 2.75) is 37.5 Å². The van der Waals surface area contributed by atoms with Crippen molar-refractivity contribution in [1.82, 2.24) is 10.2 Å². The van der Waals surface area contributed by atoms with Gasteiger partial charge < -0.3 is 15.0 Å². The lowest BCUT2D eigenvalue weighted by atomic mass is 9.96. The van der Waals surface area contributed by atoms with Crippen LogP contribution in [0.1, 0.15) is 32.6 Å². The fraction of sp³-hybridized carbons (Fsp3) is 0.650. The van der Waals surface area contributed by atoms with Gasteiger partial charge in [0.25, 0.3) is 0 Å². The van der Waals surface area contributed by atoms with E-state index in [1.54, 1.807) is 0 Å². The Labute approximate surface area is 180 Å². The number of guanidine groups is 1. The molecule has 4 nitrogen and oxygen atoms in total. The minimum atomic E-state index is 0. The summed E-state index contributed by atoms with van der Waals surface area (Å²) in [5.74, 6) is 2.96. The molecule has 0 spiro atoms. The maximum atomic E-state index is 5.45. The summed E-state index contributed by atoms with van der Waals surface area (Å²) in [5.41, 5.74) is 0. The molecule has 1 aromatic carbocycles. The molecule has 0 unspecified atom stereocenters. The van der Waals surface area contributed by atoms with Gasteiger partial charge in [-0.1, -0.05) is 18.2 Å². The van der Waals surface area contributed by atoms with Crippen molar-refractivity contribution in [2.24, 2.45) is 10.9 Å². The highest BCUT2D eigenvalue weighted by Gasteiger charge is 2.15. The van der Waals surface area contributed by atoms with Crippen molar-refractivity contribution in [3.8, 4) is 0 Å². The third-order valence-electron chi connectivity index (χ3n) is 4.49. The Hall–Kier alpha value is -0.470. The van der Waals surface area contributed by atoms with E-state index in [0.29, 0.717) is 0 Å². The third kappa shape index (κ3) is 9.46. The summed E-state index contributed by atoms with van der Waals surface area (Å²) in [6, 6.07) is 10.6. The smallest absolute Gasteiger partial charge is 0.193 e. The molecule has 1 N–H and O–H groups in total. The lowest BCUT2D eigenvalue weighted by Gasteiger charge is -2.26. The van der Waals surface area contributed by atoms with Crippen LogP contribution in [0.2, 0.25) is 0 Å². The highest BCUT2D eigenvalue weighted by Crippen LogP contribution is 2.19. The van der Waals surface area contributed by atoms with Gasteiger partial charge in [0, 0.05) is 44.8 Å². The van der Waals surface area contributed by atoms with Crippen molar-refractivity contribution in [2.75, 3.05) is 45.6 Å². The number of hydrogen-bond donors (Lipinski definition) is 1. The van der Waals surface area contributed by atoms with E-state index in [1.807, 2.05) is 11.8 Å². The average molecular weight is 491 g/mol. The molecular weight excluding hydrogens is 457 g/mol. The fourth-order valence-corrected chi connectivity index (χ4v) is 3.80. The Balaban J connectivity index is 0.00000338. The molecule has 1 aromatic rings. The number of rotatable bonds is 9. The molecule has 0 bridgehead atoms. The molecule has 0 amide bonds. The normalized spacial score (nSPS) is 15.4. The number of aliphatic imine (C=N–C) groups is 1. The lowest BCUT2D eigenvalue weighted by Crippen LogP contribution is -2.40. The number of nitrogens with zero attached hydrogens (tertiary/aromatic N) is 2. The molecule has 6 heteroatoms. The molecule has 1 saturated heterocycles. The second-order valence-corrected chi connectivity index (χ2v) is 7.69. The number of thioether (sulfide) groups is 1. The molecule has 0 radical (unpaired) electrons. The predicted octanol–water partition coefficient (Wildman–Crippen LogP) is 4.50. The monoisotopic (exact) mass is 491 g/mol. The molecule has 0 saturated carbocycles. The van der Waals surface area contributed by atoms with E-state index in [-0.39, 0.29) is 24.0 Å². The highest BCUT2D eigenvalue weighted by atomic mass is 127. The van der Waals surface area contributed by atoms with E-state index >= 15 is 0 Å². The fourth-order valence-electron chi connectivity index (χ4n) is 2.94. The first kappa shape index (κ1) is 23.6. The van der Waals surface area contributed by atoms with Gasteiger partial charge in [0.2, 0.25) is 0 Å². The lowest BCUT2D eigenvalue weighted by molar-refractivity contribution is 0.0625. The van der Waals surface area contributed by atoms with E-state index in [4.69, 9.17) is 9.73 Å². The molecule has 1 heterocycles. The zero-order chi connectivity index (χ0) is 17.7. The van der Waals surface area contributed by atoms with Crippen molar-refractivity contribution in [3.05, 3.63) is 30.3 Å². The third-order valence-corrected chi connectivity index (χ3v) is 5.58. The molecule has 0 aromatic heterocycles. The van der Waals surface area contributed by atoms with E-state index in [2.05, 4.69) is 54.5 Å². The zero-order valence-corrected chi connectivity index (χ0v) is 19.3. The second kappa shape index (κ2) is 14.6. The summed E-state index contributed by atoms with van der Waals surface area (Å²) in [5, 5.41) is 3.42. The Bertz CT molecular complexity index is 495. The zero-order valence-electron chi connectivity index (χ0n) is 16.2. The van der Waals surface area contributed by atoms with Crippen LogP contribution >= 0.6 is 35.7 Å². The van der Waals surface area contributed by atoms with Crippen LogP contribution in [0.15, 0.2) is 40.2 Å². The van der Waals surface area contributed by atoms with Crippen molar-refractivity contribution >= 4 is 41.7 Å². The Morgan fingerprint density at radius 2 is 2.00 bits per heavy atom. The molecule has 26 heavy (non-hydrogen) atoms. The van der Waals surface area contributed by atoms with Crippen LogP contribution < -0.4 is 5.32 Å². The van der Waals surface area contributed by atoms with Gasteiger partial charge in [0.1, 0.15) is 0 Å². The van der Waals surface area contributed by atoms with Crippen LogP contribution in [-0.2, 0) is 4.74 Å². The van der Waals surface area contributed by atoms with Crippen LogP contribution in [0.4, 0.5) is 0 Å². The van der Waals surface area contributed by atoms with Crippen molar-refractivity contribution < 1.29 is 4.74 Å². The first-order valence-corrected chi connectivity index (χ1v) is 10.5. The summed E-state index contributed by atoms with van der Waals surface area (Å²) >= 11 is 1.91. The van der Waals surface area contributed by atoms with Gasteiger partial charge in [-0.25, -0.2) is 0 Å². The molecule has 0 aliphatic carbocycles. The number of hydrogen-bond acceptors (Lipinski definition) is 3. The maximum absolute atomic E-state index is 5.45. The summed E-state index contributed by atoms with van der Waals surface area (Å²) in [6.45, 7) is 6.86. The summed E-state index contributed by atoms with van der Waals surface area (Å²) in [7, 11) is 2.15. The molecule has 148 valence electrons. The largest absolute Gasteiger partial charge is 0.381 e. The molecule has 1 fully saturated rings. The van der Waals surface area contributed by atoms with Crippen LogP contribution in [0.5, 0.6) is 0 Å². The van der Waals surface area contributed by atoms with Gasteiger partial charge in [0.05, 0.1) is 0 Å². The van der Waals surface area contributed by atoms with Crippen molar-refractivity contribution in [3.63, 3.8) is 0 Å². The SMILES string of the molecule is CCNC(=NCCCSc1ccccc1)N(C)CCC1CCOCC1.I. The molecule has 1 aliphatic rings. The molecule has 1 aliphatic heterocycles. The minimum Gasteiger partial charge on any atom is -0.381 e. The maximum Gasteiger partial charge on any atom is 0.193 e. The highest BCUT2D eigenvalue weighted by molar-refractivity contribution is 14.0. The van der Waals surface area contributed by atoms with Crippen LogP contribution in [-0.4, -0.2) is 56.5 Å². The number of nitrogens with one attached hydrogen (secondary N) is 1. The van der Waals surface area contributed by atoms with Gasteiger partial charge in [-0.2, -0.15) is 0 Å². The first-order chi connectivity index (χ1) is 12.3. The van der Waals surface area contributed by atoms with Gasteiger partial charge >= 0.3 is 0 Å². The number of benzene rings is 1. The van der Waals surface area contributed by atoms with Gasteiger partial charge in [-0.15, -0.1) is 35.7 Å². The van der Waals surface area contributed by atoms with Crippen LogP contribution in [0, 0.1) is 5.92 Å². The van der Waals surface area contributed by atoms with E-state index in [0.717, 1.165) is 56.9 Å².